The minimum absolute atomic E-state index is 0.0184. The van der Waals surface area contributed by atoms with Gasteiger partial charge in [-0.1, -0.05) is 84.7 Å². The SMILES string of the molecule is C=CCOC12Oc3ccc(Oc4cccc(C=O)c4)cc3C3C(CCCCO)C(CCCCO)C=C(C(=NOCC)CC1N(Cc1cccc4ccccc14)C(=O)C=Cc1ccc([N+](=O)[O-])cc1)C32. The van der Waals surface area contributed by atoms with Gasteiger partial charge in [0.15, 0.2) is 0 Å². The number of ether oxygens (including phenoxy) is 3. The fraction of sp³-hybridized carbons (Fsp3) is 0.339. The van der Waals surface area contributed by atoms with E-state index in [1.54, 1.807) is 53.5 Å². The quantitative estimate of drug-likeness (QED) is 0.0170. The predicted octanol–water partition coefficient (Wildman–Crippen LogP) is 10.7. The average Bonchev–Trinajstić information content (AvgIpc) is 3.37. The van der Waals surface area contributed by atoms with Gasteiger partial charge in [0.25, 0.3) is 5.69 Å². The Bertz CT molecular complexity index is 2730. The third-order valence-electron chi connectivity index (χ3n) is 13.6. The maximum absolute atomic E-state index is 15.4. The number of carbonyl (C=O) groups excluding carboxylic acids is 2. The van der Waals surface area contributed by atoms with Crippen LogP contribution in [0.1, 0.15) is 84.8 Å². The predicted molar refractivity (Wildman–Crippen MR) is 265 cm³/mol. The number of carbonyl (C=O) groups is 2. The second kappa shape index (κ2) is 22.5. The van der Waals surface area contributed by atoms with Crippen molar-refractivity contribution in [3.63, 3.8) is 0 Å². The van der Waals surface area contributed by atoms with Gasteiger partial charge in [0.2, 0.25) is 11.7 Å². The van der Waals surface area contributed by atoms with E-state index in [0.717, 1.165) is 59.4 Å². The molecule has 69 heavy (non-hydrogen) atoms. The Morgan fingerprint density at radius 1 is 0.928 bits per heavy atom. The minimum atomic E-state index is -1.53. The number of nitrogens with zero attached hydrogens (tertiary/aromatic N) is 3. The monoisotopic (exact) mass is 933 g/mol. The molecule has 5 aromatic carbocycles. The molecular weight excluding hydrogens is 875 g/mol. The first-order valence-electron chi connectivity index (χ1n) is 23.8. The fourth-order valence-electron chi connectivity index (χ4n) is 10.6. The van der Waals surface area contributed by atoms with Gasteiger partial charge in [-0.15, -0.1) is 6.58 Å². The number of amides is 1. The van der Waals surface area contributed by atoms with Crippen LogP contribution in [-0.4, -0.2) is 76.2 Å². The van der Waals surface area contributed by atoms with Crippen molar-refractivity contribution >= 4 is 40.4 Å². The first-order valence-corrected chi connectivity index (χ1v) is 23.8. The lowest BCUT2D eigenvalue weighted by molar-refractivity contribution is -0.384. The summed E-state index contributed by atoms with van der Waals surface area (Å²) in [4.78, 5) is 45.9. The van der Waals surface area contributed by atoms with E-state index < -0.39 is 22.7 Å². The number of benzene rings is 5. The van der Waals surface area contributed by atoms with Crippen molar-refractivity contribution in [2.45, 2.75) is 76.2 Å². The number of fused-ring (bicyclic) bond motifs is 3. The summed E-state index contributed by atoms with van der Waals surface area (Å²) in [6.45, 7) is 6.60. The first kappa shape index (κ1) is 48.5. The van der Waals surface area contributed by atoms with Crippen molar-refractivity contribution in [3.05, 3.63) is 172 Å². The number of aliphatic hydroxyl groups is 2. The van der Waals surface area contributed by atoms with Gasteiger partial charge >= 0.3 is 0 Å². The van der Waals surface area contributed by atoms with Crippen LogP contribution in [0.4, 0.5) is 5.69 Å². The van der Waals surface area contributed by atoms with Crippen molar-refractivity contribution in [2.75, 3.05) is 26.4 Å². The largest absolute Gasteiger partial charge is 0.459 e. The topological polar surface area (TPSA) is 170 Å². The minimum Gasteiger partial charge on any atom is -0.459 e. The Balaban J connectivity index is 1.35. The smallest absolute Gasteiger partial charge is 0.269 e. The van der Waals surface area contributed by atoms with Crippen molar-refractivity contribution < 1.29 is 43.8 Å². The Kier molecular flexibility index (Phi) is 15.8. The summed E-state index contributed by atoms with van der Waals surface area (Å²) in [6, 6.07) is 32.0. The van der Waals surface area contributed by atoms with Gasteiger partial charge in [-0.25, -0.2) is 0 Å². The first-order chi connectivity index (χ1) is 33.7. The van der Waals surface area contributed by atoms with Crippen molar-refractivity contribution in [1.29, 1.82) is 0 Å². The number of rotatable bonds is 22. The van der Waals surface area contributed by atoms with E-state index in [9.17, 15) is 25.1 Å². The molecule has 2 N–H and O–H groups in total. The average molecular weight is 934 g/mol. The maximum Gasteiger partial charge on any atom is 0.269 e. The highest BCUT2D eigenvalue weighted by atomic mass is 16.7. The number of oxime groups is 1. The van der Waals surface area contributed by atoms with Gasteiger partial charge in [0.05, 0.1) is 23.2 Å². The highest BCUT2D eigenvalue weighted by Crippen LogP contribution is 2.62. The second-order valence-corrected chi connectivity index (χ2v) is 17.8. The Labute approximate surface area is 402 Å². The second-order valence-electron chi connectivity index (χ2n) is 17.8. The zero-order chi connectivity index (χ0) is 48.3. The van der Waals surface area contributed by atoms with E-state index in [4.69, 9.17) is 24.2 Å². The number of aldehydes is 1. The lowest BCUT2D eigenvalue weighted by Gasteiger charge is -2.60. The molecule has 13 heteroatoms. The molecule has 6 atom stereocenters. The summed E-state index contributed by atoms with van der Waals surface area (Å²) in [7, 11) is 0. The molecule has 2 aliphatic carbocycles. The van der Waals surface area contributed by atoms with Crippen LogP contribution in [0, 0.1) is 27.9 Å². The molecule has 13 nitrogen and oxygen atoms in total. The normalized spacial score (nSPS) is 22.0. The van der Waals surface area contributed by atoms with Gasteiger partial charge in [-0.2, -0.15) is 0 Å². The molecule has 358 valence electrons. The Hall–Kier alpha value is -6.93. The van der Waals surface area contributed by atoms with E-state index in [1.807, 2.05) is 67.6 Å². The fourth-order valence-corrected chi connectivity index (χ4v) is 10.6. The zero-order valence-electron chi connectivity index (χ0n) is 38.9. The number of nitro benzene ring substituents is 1. The summed E-state index contributed by atoms with van der Waals surface area (Å²) >= 11 is 0. The molecule has 1 aliphatic heterocycles. The van der Waals surface area contributed by atoms with Crippen LogP contribution in [0.15, 0.2) is 145 Å². The van der Waals surface area contributed by atoms with Crippen molar-refractivity contribution in [1.82, 2.24) is 4.90 Å². The number of hydrogen-bond donors (Lipinski definition) is 2. The third kappa shape index (κ3) is 10.6. The standard InChI is InChI=1S/C56H59N3O10/c1-3-31-66-56-52(58(36-42-17-12-16-40-14-5-6-19-46(40)42)53(63)28-23-38-21-24-43(25-22-38)59(64)65)35-50(57-67-4-2)48-33-41(15-7-9-29-60)47(20-8-10-30-61)54(55(48)56)49-34-45(26-27-51(49)69-56)68-44-18-11-13-39(32-44)37-62/h3,5-6,11-14,16-19,21-28,32-34,37,41,47,52,54-55,60-61H,1,4,7-10,15,20,29-31,35-36H2,2H3. The van der Waals surface area contributed by atoms with E-state index >= 15 is 4.79 Å². The highest BCUT2D eigenvalue weighted by molar-refractivity contribution is 6.03. The number of nitro groups is 1. The number of hydrogen-bond acceptors (Lipinski definition) is 11. The molecule has 1 amide bonds. The van der Waals surface area contributed by atoms with Gasteiger partial charge in [0.1, 0.15) is 36.2 Å². The van der Waals surface area contributed by atoms with Crippen molar-refractivity contribution in [2.24, 2.45) is 22.9 Å². The zero-order valence-corrected chi connectivity index (χ0v) is 38.9. The van der Waals surface area contributed by atoms with Crippen LogP contribution >= 0.6 is 0 Å². The maximum atomic E-state index is 15.4. The number of unbranched alkanes of at least 4 members (excludes halogenated alkanes) is 2. The Morgan fingerprint density at radius 2 is 1.68 bits per heavy atom. The molecule has 0 bridgehead atoms. The number of allylic oxidation sites excluding steroid dienone is 1. The molecule has 1 saturated carbocycles. The van der Waals surface area contributed by atoms with Crippen LogP contribution in [0.25, 0.3) is 16.8 Å². The molecular formula is C56H59N3O10. The summed E-state index contributed by atoms with van der Waals surface area (Å²) in [5, 5.41) is 38.3. The molecule has 1 heterocycles. The molecule has 0 radical (unpaired) electrons. The van der Waals surface area contributed by atoms with Crippen LogP contribution in [0.3, 0.4) is 0 Å². The summed E-state index contributed by atoms with van der Waals surface area (Å²) in [5.41, 5.74) is 4.37. The number of aliphatic hydroxyl groups excluding tert-OH is 2. The van der Waals surface area contributed by atoms with Gasteiger partial charge < -0.3 is 34.2 Å². The molecule has 5 aromatic rings. The highest BCUT2D eigenvalue weighted by Gasteiger charge is 2.65. The molecule has 1 fully saturated rings. The van der Waals surface area contributed by atoms with Crippen LogP contribution in [0.2, 0.25) is 0 Å². The van der Waals surface area contributed by atoms with E-state index in [2.05, 4.69) is 12.7 Å². The van der Waals surface area contributed by atoms with Crippen LogP contribution in [-0.2, 0) is 20.9 Å². The van der Waals surface area contributed by atoms with Gasteiger partial charge in [0, 0.05) is 61.4 Å². The third-order valence-corrected chi connectivity index (χ3v) is 13.6. The molecule has 8 rings (SSSR count). The van der Waals surface area contributed by atoms with Crippen molar-refractivity contribution in [3.8, 4) is 17.2 Å². The lowest BCUT2D eigenvalue weighted by atomic mass is 9.55. The molecule has 6 unspecified atom stereocenters. The molecule has 0 spiro atoms. The number of non-ortho nitro benzene ring substituents is 1. The van der Waals surface area contributed by atoms with Gasteiger partial charge in [-0.05, 0) is 120 Å². The molecule has 0 aromatic heterocycles. The Morgan fingerprint density at radius 3 is 2.43 bits per heavy atom. The molecule has 0 saturated heterocycles. The summed E-state index contributed by atoms with van der Waals surface area (Å²) in [6.07, 6.45) is 12.4. The van der Waals surface area contributed by atoms with Crippen LogP contribution in [0.5, 0.6) is 17.2 Å². The summed E-state index contributed by atoms with van der Waals surface area (Å²) < 4.78 is 21.1. The van der Waals surface area contributed by atoms with E-state index in [1.165, 1.54) is 18.2 Å². The lowest BCUT2D eigenvalue weighted by Crippen LogP contribution is -2.70. The van der Waals surface area contributed by atoms with E-state index in [-0.39, 0.29) is 62.1 Å². The molecule has 3 aliphatic rings. The summed E-state index contributed by atoms with van der Waals surface area (Å²) in [5.74, 6) is -1.15. The van der Waals surface area contributed by atoms with E-state index in [0.29, 0.717) is 53.5 Å². The van der Waals surface area contributed by atoms with Crippen LogP contribution < -0.4 is 9.47 Å². The van der Waals surface area contributed by atoms with Gasteiger partial charge in [-0.3, -0.25) is 19.7 Å².